The van der Waals surface area contributed by atoms with Gasteiger partial charge in [-0.15, -0.1) is 0 Å². The normalized spacial score (nSPS) is 12.9. The molecule has 0 saturated heterocycles. The Morgan fingerprint density at radius 2 is 1.82 bits per heavy atom. The number of nitrogens with two attached hydrogens (primary N) is 1. The van der Waals surface area contributed by atoms with Crippen molar-refractivity contribution in [3.8, 4) is 0 Å². The fourth-order valence-corrected chi connectivity index (χ4v) is 3.68. The molecule has 178 valence electrons. The molecule has 0 aliphatic carbocycles. The summed E-state index contributed by atoms with van der Waals surface area (Å²) in [5.41, 5.74) is 9.06. The van der Waals surface area contributed by atoms with E-state index >= 15 is 0 Å². The van der Waals surface area contributed by atoms with Gasteiger partial charge in [0.2, 0.25) is 5.91 Å². The van der Waals surface area contributed by atoms with E-state index in [9.17, 15) is 9.59 Å². The maximum Gasteiger partial charge on any atom is 0.308 e. The van der Waals surface area contributed by atoms with Crippen LogP contribution in [0.3, 0.4) is 0 Å². The van der Waals surface area contributed by atoms with Gasteiger partial charge in [-0.3, -0.25) is 14.6 Å². The summed E-state index contributed by atoms with van der Waals surface area (Å²) in [5, 5.41) is 12.5. The highest BCUT2D eigenvalue weighted by Gasteiger charge is 2.11. The Balaban J connectivity index is 1.95. The third-order valence-corrected chi connectivity index (χ3v) is 5.71. The fourth-order valence-electron chi connectivity index (χ4n) is 2.86. The first-order chi connectivity index (χ1) is 16.2. The number of aliphatic carboxylic acids is 1. The van der Waals surface area contributed by atoms with Crippen molar-refractivity contribution >= 4 is 41.6 Å². The number of hydrogen-bond acceptors (Lipinski definition) is 6. The second kappa shape index (κ2) is 13.1. The second-order valence-electron chi connectivity index (χ2n) is 7.64. The number of thioether (sulfide) groups is 1. The molecule has 0 radical (unpaired) electrons. The van der Waals surface area contributed by atoms with E-state index in [1.165, 1.54) is 24.1 Å². The van der Waals surface area contributed by atoms with Crippen molar-refractivity contribution in [1.29, 1.82) is 0 Å². The molecule has 1 atom stereocenters. The Kier molecular flexibility index (Phi) is 10.2. The molecule has 34 heavy (non-hydrogen) atoms. The van der Waals surface area contributed by atoms with Gasteiger partial charge in [-0.1, -0.05) is 60.8 Å². The lowest BCUT2D eigenvalue weighted by Gasteiger charge is -2.15. The summed E-state index contributed by atoms with van der Waals surface area (Å²) in [6.07, 6.45) is 4.49. The number of aliphatic imine (C=N–C) groups is 1. The number of carboxylic acids is 1. The Morgan fingerprint density at radius 1 is 1.18 bits per heavy atom. The number of amides is 1. The summed E-state index contributed by atoms with van der Waals surface area (Å²) in [6.45, 7) is 5.97. The predicted octanol–water partition coefficient (Wildman–Crippen LogP) is 4.88. The quantitative estimate of drug-likeness (QED) is 0.314. The number of hydrogen-bond donors (Lipinski definition) is 3. The first kappa shape index (κ1) is 26.5. The van der Waals surface area contributed by atoms with E-state index in [-0.39, 0.29) is 17.6 Å². The largest absolute Gasteiger partial charge is 0.481 e. The maximum absolute atomic E-state index is 12.2. The lowest BCUT2D eigenvalue weighted by atomic mass is 10.1. The lowest BCUT2D eigenvalue weighted by Crippen LogP contribution is -2.22. The van der Waals surface area contributed by atoms with Gasteiger partial charge in [-0.05, 0) is 36.3 Å². The van der Waals surface area contributed by atoms with Crippen molar-refractivity contribution in [3.63, 3.8) is 0 Å². The van der Waals surface area contributed by atoms with Gasteiger partial charge in [-0.2, -0.15) is 0 Å². The molecule has 2 aromatic rings. The van der Waals surface area contributed by atoms with Gasteiger partial charge in [0.05, 0.1) is 11.4 Å². The molecule has 1 amide bonds. The zero-order valence-corrected chi connectivity index (χ0v) is 20.4. The van der Waals surface area contributed by atoms with Crippen LogP contribution in [0.25, 0.3) is 6.08 Å². The zero-order chi connectivity index (χ0) is 25.1. The van der Waals surface area contributed by atoms with Gasteiger partial charge in [-0.25, -0.2) is 0 Å². The number of benzene rings is 2. The summed E-state index contributed by atoms with van der Waals surface area (Å²) in [7, 11) is 3.48. The summed E-state index contributed by atoms with van der Waals surface area (Å²) in [5.74, 6) is -0.849. The third-order valence-electron chi connectivity index (χ3n) is 4.70. The van der Waals surface area contributed by atoms with Crippen LogP contribution in [0, 0.1) is 0 Å². The van der Waals surface area contributed by atoms with E-state index in [4.69, 9.17) is 10.8 Å². The molecule has 0 heterocycles. The molecule has 0 bridgehead atoms. The summed E-state index contributed by atoms with van der Waals surface area (Å²) < 4.78 is 0. The monoisotopic (exact) mass is 478 g/mol. The van der Waals surface area contributed by atoms with Crippen LogP contribution in [0.1, 0.15) is 29.7 Å². The summed E-state index contributed by atoms with van der Waals surface area (Å²) in [6, 6.07) is 17.2. The van der Waals surface area contributed by atoms with Crippen molar-refractivity contribution in [2.24, 2.45) is 10.7 Å². The number of carboxylic acid groups (broad SMARTS) is 1. The molecule has 2 aromatic carbocycles. The van der Waals surface area contributed by atoms with Crippen LogP contribution in [0.2, 0.25) is 0 Å². The Bertz CT molecular complexity index is 1090. The molecule has 0 saturated carbocycles. The summed E-state index contributed by atoms with van der Waals surface area (Å²) in [4.78, 5) is 29.2. The van der Waals surface area contributed by atoms with E-state index in [0.29, 0.717) is 22.1 Å². The van der Waals surface area contributed by atoms with E-state index in [1.54, 1.807) is 25.1 Å². The molecule has 4 N–H and O–H groups in total. The molecular formula is C26H30N4O3S. The Labute approximate surface area is 204 Å². The highest BCUT2D eigenvalue weighted by Crippen LogP contribution is 2.34. The minimum absolute atomic E-state index is 0.0467. The molecule has 1 unspecified atom stereocenters. The number of anilines is 1. The average Bonchev–Trinajstić information content (AvgIpc) is 2.80. The average molecular weight is 479 g/mol. The first-order valence-electron chi connectivity index (χ1n) is 10.6. The first-order valence-corrected chi connectivity index (χ1v) is 11.4. The predicted molar refractivity (Wildman–Crippen MR) is 141 cm³/mol. The number of nitrogens with zero attached hydrogens (tertiary/aromatic N) is 2. The van der Waals surface area contributed by atoms with Gasteiger partial charge in [0.25, 0.3) is 0 Å². The molecule has 7 nitrogen and oxygen atoms in total. The van der Waals surface area contributed by atoms with E-state index in [1.807, 2.05) is 61.5 Å². The van der Waals surface area contributed by atoms with E-state index in [2.05, 4.69) is 16.9 Å². The minimum atomic E-state index is -0.986. The van der Waals surface area contributed by atoms with Crippen LogP contribution < -0.4 is 11.1 Å². The van der Waals surface area contributed by atoms with Crippen LogP contribution in [0.5, 0.6) is 0 Å². The minimum Gasteiger partial charge on any atom is -0.481 e. The van der Waals surface area contributed by atoms with Gasteiger partial charge in [0, 0.05) is 42.9 Å². The molecule has 0 fully saturated rings. The van der Waals surface area contributed by atoms with Gasteiger partial charge >= 0.3 is 5.97 Å². The smallest absolute Gasteiger partial charge is 0.308 e. The highest BCUT2D eigenvalue weighted by atomic mass is 32.2. The van der Waals surface area contributed by atoms with Crippen molar-refractivity contribution in [1.82, 2.24) is 4.90 Å². The Morgan fingerprint density at radius 3 is 2.41 bits per heavy atom. The molecule has 0 aliphatic heterocycles. The van der Waals surface area contributed by atoms with Gasteiger partial charge in [0.15, 0.2) is 0 Å². The van der Waals surface area contributed by atoms with Crippen molar-refractivity contribution in [3.05, 3.63) is 94.8 Å². The molecular weight excluding hydrogens is 448 g/mol. The van der Waals surface area contributed by atoms with Crippen molar-refractivity contribution in [2.75, 3.05) is 19.4 Å². The maximum atomic E-state index is 12.2. The zero-order valence-electron chi connectivity index (χ0n) is 19.6. The molecule has 8 heteroatoms. The van der Waals surface area contributed by atoms with Crippen molar-refractivity contribution in [2.45, 2.75) is 18.6 Å². The van der Waals surface area contributed by atoms with E-state index < -0.39 is 5.97 Å². The molecule has 0 spiro atoms. The second-order valence-corrected chi connectivity index (χ2v) is 9.06. The number of rotatable bonds is 11. The standard InChI is InChI=1S/C26H30N4O3S/c1-18(34-19(2)28-17-22(16-25(32)33)26(27)30(3)4)21-11-13-23(14-12-21)29-24(31)15-10-20-8-6-5-7-9-20/h5-15,17-18H,2,16,27H2,1,3-4H3,(H,29,31)(H,32,33)/b15-10+,26-22+,28-17-. The number of carbonyl (C=O) groups excluding carboxylic acids is 1. The SMILES string of the molecule is C=C(/N=C\C(CC(=O)O)=C(/N)N(C)C)SC(C)c1ccc(NC(=O)/C=C/c2ccccc2)cc1. The molecule has 2 rings (SSSR count). The highest BCUT2D eigenvalue weighted by molar-refractivity contribution is 8.03. The van der Waals surface area contributed by atoms with Gasteiger partial charge < -0.3 is 21.1 Å². The van der Waals surface area contributed by atoms with Crippen LogP contribution in [0.15, 0.2) is 88.7 Å². The van der Waals surface area contributed by atoms with Crippen LogP contribution in [-0.4, -0.2) is 42.2 Å². The van der Waals surface area contributed by atoms with Crippen LogP contribution in [0.4, 0.5) is 5.69 Å². The lowest BCUT2D eigenvalue weighted by molar-refractivity contribution is -0.136. The number of nitrogens with one attached hydrogen (secondary N) is 1. The topological polar surface area (TPSA) is 108 Å². The molecule has 0 aliphatic rings. The number of carbonyl (C=O) groups is 2. The summed E-state index contributed by atoms with van der Waals surface area (Å²) >= 11 is 1.44. The van der Waals surface area contributed by atoms with Crippen LogP contribution >= 0.6 is 11.8 Å². The van der Waals surface area contributed by atoms with E-state index in [0.717, 1.165) is 11.1 Å². The van der Waals surface area contributed by atoms with Crippen molar-refractivity contribution < 1.29 is 14.7 Å². The van der Waals surface area contributed by atoms with Crippen LogP contribution in [-0.2, 0) is 9.59 Å². The Hall–Kier alpha value is -3.78. The third kappa shape index (κ3) is 8.99. The van der Waals surface area contributed by atoms with Gasteiger partial charge in [0.1, 0.15) is 5.82 Å². The molecule has 0 aromatic heterocycles. The fraction of sp³-hybridized carbons (Fsp3) is 0.192.